The molecule has 1 heterocycles. The molecule has 210 valence electrons. The molecule has 1 aliphatic rings. The highest BCUT2D eigenvalue weighted by atomic mass is 16.3. The van der Waals surface area contributed by atoms with Crippen LogP contribution in [-0.4, -0.2) is 48.5 Å². The molecule has 3 N–H and O–H groups in total. The van der Waals surface area contributed by atoms with E-state index < -0.39 is 12.1 Å². The molecule has 0 saturated carbocycles. The van der Waals surface area contributed by atoms with Gasteiger partial charge in [0.2, 0.25) is 5.91 Å². The molecule has 0 aliphatic carbocycles. The molecule has 0 fully saturated rings. The minimum Gasteiger partial charge on any atom is -0.392 e. The van der Waals surface area contributed by atoms with Gasteiger partial charge in [-0.05, 0) is 72.6 Å². The summed E-state index contributed by atoms with van der Waals surface area (Å²) >= 11 is 0. The molecule has 8 heteroatoms. The molecule has 1 aliphatic heterocycles. The SMILES string of the molecule is CNC(C)C(=O)NC1CN(C(=O)c2ccc(CO)cc2)c2ccccc2N(Cc2c(C)ccc3ccccc23)C1=O. The van der Waals surface area contributed by atoms with Crippen molar-refractivity contribution in [1.29, 1.82) is 0 Å². The first kappa shape index (κ1) is 28.0. The first-order valence-electron chi connectivity index (χ1n) is 13.7. The lowest BCUT2D eigenvalue weighted by molar-refractivity contribution is -0.128. The van der Waals surface area contributed by atoms with Crippen LogP contribution in [0.5, 0.6) is 0 Å². The van der Waals surface area contributed by atoms with E-state index in [1.165, 1.54) is 0 Å². The molecule has 2 atom stereocenters. The maximum atomic E-state index is 14.3. The number of benzene rings is 4. The summed E-state index contributed by atoms with van der Waals surface area (Å²) in [6, 6.07) is 24.7. The second-order valence-corrected chi connectivity index (χ2v) is 10.3. The minimum absolute atomic E-state index is 0.0381. The number of nitrogens with one attached hydrogen (secondary N) is 2. The topological polar surface area (TPSA) is 102 Å². The van der Waals surface area contributed by atoms with Crippen molar-refractivity contribution < 1.29 is 19.5 Å². The third-order valence-corrected chi connectivity index (χ3v) is 7.76. The Morgan fingerprint density at radius 1 is 0.951 bits per heavy atom. The molecular weight excluding hydrogens is 516 g/mol. The quantitative estimate of drug-likeness (QED) is 0.324. The smallest absolute Gasteiger partial charge is 0.258 e. The van der Waals surface area contributed by atoms with Gasteiger partial charge in [-0.25, -0.2) is 0 Å². The van der Waals surface area contributed by atoms with E-state index in [2.05, 4.69) is 16.7 Å². The highest BCUT2D eigenvalue weighted by molar-refractivity contribution is 6.13. The first-order chi connectivity index (χ1) is 19.8. The van der Waals surface area contributed by atoms with E-state index >= 15 is 0 Å². The van der Waals surface area contributed by atoms with Crippen LogP contribution in [0.3, 0.4) is 0 Å². The third kappa shape index (κ3) is 5.57. The van der Waals surface area contributed by atoms with Gasteiger partial charge < -0.3 is 25.5 Å². The number of aryl methyl sites for hydroxylation is 1. The molecule has 3 amide bonds. The Bertz CT molecular complexity index is 1600. The zero-order valence-corrected chi connectivity index (χ0v) is 23.4. The molecule has 41 heavy (non-hydrogen) atoms. The van der Waals surface area contributed by atoms with Gasteiger partial charge in [0, 0.05) is 5.56 Å². The molecular formula is C33H34N4O4. The van der Waals surface area contributed by atoms with Crippen molar-refractivity contribution in [3.8, 4) is 0 Å². The Kier molecular flexibility index (Phi) is 8.14. The number of hydrogen-bond donors (Lipinski definition) is 3. The highest BCUT2D eigenvalue weighted by Gasteiger charge is 2.38. The number of fused-ring (bicyclic) bond motifs is 2. The van der Waals surface area contributed by atoms with Crippen LogP contribution >= 0.6 is 0 Å². The van der Waals surface area contributed by atoms with Crippen LogP contribution in [0.25, 0.3) is 10.8 Å². The van der Waals surface area contributed by atoms with Crippen molar-refractivity contribution in [2.24, 2.45) is 0 Å². The van der Waals surface area contributed by atoms with Gasteiger partial charge in [-0.15, -0.1) is 0 Å². The Balaban J connectivity index is 1.62. The third-order valence-electron chi connectivity index (χ3n) is 7.76. The van der Waals surface area contributed by atoms with Crippen LogP contribution in [0.2, 0.25) is 0 Å². The molecule has 2 unspecified atom stereocenters. The number of para-hydroxylation sites is 2. The predicted octanol–water partition coefficient (Wildman–Crippen LogP) is 3.93. The van der Waals surface area contributed by atoms with Crippen molar-refractivity contribution >= 4 is 39.9 Å². The van der Waals surface area contributed by atoms with Gasteiger partial charge in [-0.1, -0.05) is 60.7 Å². The van der Waals surface area contributed by atoms with E-state index in [9.17, 15) is 19.5 Å². The molecule has 0 radical (unpaired) electrons. The van der Waals surface area contributed by atoms with Gasteiger partial charge >= 0.3 is 0 Å². The van der Waals surface area contributed by atoms with Crippen molar-refractivity contribution in [1.82, 2.24) is 10.6 Å². The summed E-state index contributed by atoms with van der Waals surface area (Å²) in [7, 11) is 1.68. The number of rotatable bonds is 7. The van der Waals surface area contributed by atoms with Crippen LogP contribution < -0.4 is 20.4 Å². The fraction of sp³-hybridized carbons (Fsp3) is 0.242. The van der Waals surface area contributed by atoms with Crippen LogP contribution in [0.4, 0.5) is 11.4 Å². The van der Waals surface area contributed by atoms with Crippen LogP contribution in [0, 0.1) is 6.92 Å². The van der Waals surface area contributed by atoms with E-state index in [1.807, 2.05) is 61.5 Å². The number of nitrogens with zero attached hydrogens (tertiary/aromatic N) is 2. The number of carbonyl (C=O) groups excluding carboxylic acids is 3. The molecule has 0 spiro atoms. The van der Waals surface area contributed by atoms with Gasteiger partial charge in [0.25, 0.3) is 11.8 Å². The molecule has 8 nitrogen and oxygen atoms in total. The number of anilines is 2. The number of likely N-dealkylation sites (N-methyl/N-ethyl adjacent to an activating group) is 1. The number of hydrogen-bond acceptors (Lipinski definition) is 5. The van der Waals surface area contributed by atoms with Crippen LogP contribution in [0.1, 0.15) is 34.0 Å². The maximum Gasteiger partial charge on any atom is 0.258 e. The van der Waals surface area contributed by atoms with Gasteiger partial charge in [-0.3, -0.25) is 14.4 Å². The Labute approximate surface area is 239 Å². The van der Waals surface area contributed by atoms with Crippen molar-refractivity contribution in [2.45, 2.75) is 39.1 Å². The summed E-state index contributed by atoms with van der Waals surface area (Å²) in [6.07, 6.45) is 0. The lowest BCUT2D eigenvalue weighted by atomic mass is 9.99. The fourth-order valence-electron chi connectivity index (χ4n) is 5.20. The average molecular weight is 551 g/mol. The molecule has 4 aromatic rings. The first-order valence-corrected chi connectivity index (χ1v) is 13.7. The molecule has 0 aromatic heterocycles. The Hall–Kier alpha value is -4.53. The van der Waals surface area contributed by atoms with E-state index in [0.29, 0.717) is 22.5 Å². The number of amides is 3. The van der Waals surface area contributed by atoms with Gasteiger partial charge in [0.1, 0.15) is 6.04 Å². The van der Waals surface area contributed by atoms with E-state index in [4.69, 9.17) is 0 Å². The maximum absolute atomic E-state index is 14.3. The van der Waals surface area contributed by atoms with Crippen LogP contribution in [-0.2, 0) is 22.7 Å². The molecule has 5 rings (SSSR count). The van der Waals surface area contributed by atoms with Crippen molar-refractivity contribution in [2.75, 3.05) is 23.4 Å². The van der Waals surface area contributed by atoms with E-state index in [-0.39, 0.29) is 37.4 Å². The Morgan fingerprint density at radius 2 is 1.63 bits per heavy atom. The molecule has 0 saturated heterocycles. The largest absolute Gasteiger partial charge is 0.392 e. The molecule has 4 aromatic carbocycles. The summed E-state index contributed by atoms with van der Waals surface area (Å²) < 4.78 is 0. The zero-order valence-electron chi connectivity index (χ0n) is 23.4. The summed E-state index contributed by atoms with van der Waals surface area (Å²) in [5.74, 6) is -0.941. The number of carbonyl (C=O) groups is 3. The van der Waals surface area contributed by atoms with E-state index in [0.717, 1.165) is 21.9 Å². The normalized spacial score (nSPS) is 15.8. The van der Waals surface area contributed by atoms with Crippen molar-refractivity contribution in [3.63, 3.8) is 0 Å². The second-order valence-electron chi connectivity index (χ2n) is 10.3. The van der Waals surface area contributed by atoms with Gasteiger partial charge in [0.05, 0.1) is 37.1 Å². The van der Waals surface area contributed by atoms with E-state index in [1.54, 1.807) is 48.0 Å². The summed E-state index contributed by atoms with van der Waals surface area (Å²) in [4.78, 5) is 44.5. The molecule has 0 bridgehead atoms. The monoisotopic (exact) mass is 550 g/mol. The standard InChI is InChI=1S/C33H34N4O4/c1-21-12-15-24-8-4-5-9-26(24)27(21)18-36-29-10-6-7-11-30(29)37(32(40)25-16-13-23(20-38)14-17-25)19-28(33(36)41)35-31(39)22(2)34-3/h4-17,22,28,34,38H,18-20H2,1-3H3,(H,35,39). The summed E-state index contributed by atoms with van der Waals surface area (Å²) in [5.41, 5.74) is 4.31. The predicted molar refractivity (Wildman–Crippen MR) is 161 cm³/mol. The fourth-order valence-corrected chi connectivity index (χ4v) is 5.20. The average Bonchev–Trinajstić information content (AvgIpc) is 3.12. The zero-order chi connectivity index (χ0) is 29.1. The van der Waals surface area contributed by atoms with Gasteiger partial charge in [-0.2, -0.15) is 0 Å². The lowest BCUT2D eigenvalue weighted by Crippen LogP contribution is -2.55. The lowest BCUT2D eigenvalue weighted by Gasteiger charge is -2.27. The van der Waals surface area contributed by atoms with Gasteiger partial charge in [0.15, 0.2) is 0 Å². The minimum atomic E-state index is -0.985. The summed E-state index contributed by atoms with van der Waals surface area (Å²) in [5, 5.41) is 17.4. The highest BCUT2D eigenvalue weighted by Crippen LogP contribution is 2.36. The Morgan fingerprint density at radius 3 is 2.34 bits per heavy atom. The summed E-state index contributed by atoms with van der Waals surface area (Å²) in [6.45, 7) is 3.84. The number of aliphatic hydroxyl groups excluding tert-OH is 1. The van der Waals surface area contributed by atoms with Crippen molar-refractivity contribution in [3.05, 3.63) is 107 Å². The van der Waals surface area contributed by atoms with Crippen LogP contribution in [0.15, 0.2) is 84.9 Å². The second kappa shape index (κ2) is 11.9. The number of aliphatic hydroxyl groups is 1.